The zero-order chi connectivity index (χ0) is 14.0. The molecular weight excluding hydrogens is 265 g/mol. The molecule has 0 atom stereocenters. The van der Waals surface area contributed by atoms with Crippen molar-refractivity contribution >= 4 is 17.4 Å². The van der Waals surface area contributed by atoms with Crippen LogP contribution in [0.15, 0.2) is 18.2 Å². The Labute approximate surface area is 117 Å². The van der Waals surface area contributed by atoms with Crippen molar-refractivity contribution in [2.45, 2.75) is 33.2 Å². The first-order chi connectivity index (χ1) is 9.06. The van der Waals surface area contributed by atoms with Gasteiger partial charge in [0.05, 0.1) is 5.02 Å². The van der Waals surface area contributed by atoms with Crippen LogP contribution in [0, 0.1) is 12.7 Å². The van der Waals surface area contributed by atoms with E-state index in [2.05, 4.69) is 11.9 Å². The summed E-state index contributed by atoms with van der Waals surface area (Å²) in [7, 11) is 0. The van der Waals surface area contributed by atoms with Gasteiger partial charge in [0.2, 0.25) is 0 Å². The molecule has 19 heavy (non-hydrogen) atoms. The Morgan fingerprint density at radius 2 is 2.16 bits per heavy atom. The molecule has 102 valence electrons. The van der Waals surface area contributed by atoms with Gasteiger partial charge in [0.15, 0.2) is 5.82 Å². The van der Waals surface area contributed by atoms with Crippen LogP contribution in [-0.4, -0.2) is 9.55 Å². The summed E-state index contributed by atoms with van der Waals surface area (Å²) in [5.41, 5.74) is 6.90. The highest BCUT2D eigenvalue weighted by atomic mass is 35.5. The molecule has 0 saturated heterocycles. The largest absolute Gasteiger partial charge is 0.383 e. The van der Waals surface area contributed by atoms with Gasteiger partial charge < -0.3 is 10.3 Å². The Bertz CT molecular complexity index is 593. The smallest absolute Gasteiger partial charge is 0.151 e. The zero-order valence-corrected chi connectivity index (χ0v) is 11.8. The molecule has 2 aromatic rings. The molecule has 0 unspecified atom stereocenters. The maximum absolute atomic E-state index is 14.0. The summed E-state index contributed by atoms with van der Waals surface area (Å²) in [6, 6.07) is 4.85. The van der Waals surface area contributed by atoms with Crippen molar-refractivity contribution in [1.82, 2.24) is 9.55 Å². The van der Waals surface area contributed by atoms with E-state index in [0.717, 1.165) is 25.2 Å². The topological polar surface area (TPSA) is 43.8 Å². The average molecular weight is 282 g/mol. The lowest BCUT2D eigenvalue weighted by Crippen LogP contribution is -2.05. The molecule has 0 radical (unpaired) electrons. The monoisotopic (exact) mass is 281 g/mol. The summed E-state index contributed by atoms with van der Waals surface area (Å²) < 4.78 is 15.9. The van der Waals surface area contributed by atoms with Gasteiger partial charge >= 0.3 is 0 Å². The number of hydrogen-bond donors (Lipinski definition) is 1. The number of imidazole rings is 1. The Balaban J connectivity index is 2.49. The average Bonchev–Trinajstić information content (AvgIpc) is 2.66. The SMILES string of the molecule is CCCCn1c(C)nc(-c2cccc(Cl)c2F)c1N. The highest BCUT2D eigenvalue weighted by Crippen LogP contribution is 2.31. The van der Waals surface area contributed by atoms with Crippen LogP contribution in [0.25, 0.3) is 11.3 Å². The van der Waals surface area contributed by atoms with Crippen LogP contribution < -0.4 is 5.73 Å². The van der Waals surface area contributed by atoms with Crippen LogP contribution in [0.5, 0.6) is 0 Å². The van der Waals surface area contributed by atoms with Gasteiger partial charge in [0, 0.05) is 12.1 Å². The molecule has 3 nitrogen and oxygen atoms in total. The second-order valence-electron chi connectivity index (χ2n) is 4.50. The molecule has 1 heterocycles. The van der Waals surface area contributed by atoms with E-state index in [9.17, 15) is 4.39 Å². The molecule has 0 aliphatic rings. The molecule has 1 aromatic heterocycles. The van der Waals surface area contributed by atoms with E-state index in [1.165, 1.54) is 6.07 Å². The molecule has 5 heteroatoms. The summed E-state index contributed by atoms with van der Waals surface area (Å²) in [5, 5.41) is 0.0812. The van der Waals surface area contributed by atoms with Crippen LogP contribution in [0.4, 0.5) is 10.2 Å². The number of benzene rings is 1. The van der Waals surface area contributed by atoms with E-state index in [4.69, 9.17) is 17.3 Å². The molecule has 0 saturated carbocycles. The molecular formula is C14H17ClFN3. The fourth-order valence-corrected chi connectivity index (χ4v) is 2.24. The van der Waals surface area contributed by atoms with Crippen molar-refractivity contribution in [1.29, 1.82) is 0 Å². The van der Waals surface area contributed by atoms with Crippen LogP contribution in [0.1, 0.15) is 25.6 Å². The first kappa shape index (κ1) is 13.9. The Hall–Kier alpha value is -1.55. The van der Waals surface area contributed by atoms with Crippen molar-refractivity contribution in [2.24, 2.45) is 0 Å². The molecule has 0 fully saturated rings. The number of hydrogen-bond acceptors (Lipinski definition) is 2. The maximum Gasteiger partial charge on any atom is 0.151 e. The van der Waals surface area contributed by atoms with Crippen LogP contribution in [0.3, 0.4) is 0 Å². The number of unbranched alkanes of at least 4 members (excludes halogenated alkanes) is 1. The van der Waals surface area contributed by atoms with Crippen molar-refractivity contribution < 1.29 is 4.39 Å². The van der Waals surface area contributed by atoms with Crippen LogP contribution >= 0.6 is 11.6 Å². The lowest BCUT2D eigenvalue weighted by molar-refractivity contribution is 0.622. The van der Waals surface area contributed by atoms with E-state index in [-0.39, 0.29) is 5.02 Å². The minimum atomic E-state index is -0.476. The number of aromatic nitrogens is 2. The standard InChI is InChI=1S/C14H17ClFN3/c1-3-4-8-19-9(2)18-13(14(19)17)10-6-5-7-11(15)12(10)16/h5-7H,3-4,8,17H2,1-2H3. The summed E-state index contributed by atoms with van der Waals surface area (Å²) in [6.45, 7) is 4.78. The second kappa shape index (κ2) is 5.61. The highest BCUT2D eigenvalue weighted by Gasteiger charge is 2.17. The third-order valence-electron chi connectivity index (χ3n) is 3.14. The van der Waals surface area contributed by atoms with E-state index in [1.807, 2.05) is 11.5 Å². The fourth-order valence-electron chi connectivity index (χ4n) is 2.06. The first-order valence-corrected chi connectivity index (χ1v) is 6.71. The molecule has 0 aliphatic carbocycles. The number of nitrogen functional groups attached to an aromatic ring is 1. The van der Waals surface area contributed by atoms with Gasteiger partial charge in [-0.3, -0.25) is 0 Å². The van der Waals surface area contributed by atoms with E-state index < -0.39 is 5.82 Å². The molecule has 0 spiro atoms. The molecule has 0 bridgehead atoms. The fraction of sp³-hybridized carbons (Fsp3) is 0.357. The van der Waals surface area contributed by atoms with Crippen LogP contribution in [-0.2, 0) is 6.54 Å². The lowest BCUT2D eigenvalue weighted by Gasteiger charge is -2.07. The second-order valence-corrected chi connectivity index (χ2v) is 4.91. The third kappa shape index (κ3) is 2.59. The Kier molecular flexibility index (Phi) is 4.10. The van der Waals surface area contributed by atoms with Gasteiger partial charge in [-0.1, -0.05) is 31.0 Å². The minimum Gasteiger partial charge on any atom is -0.383 e. The number of anilines is 1. The predicted octanol–water partition coefficient (Wildman–Crippen LogP) is 4.03. The maximum atomic E-state index is 14.0. The highest BCUT2D eigenvalue weighted by molar-refractivity contribution is 6.31. The Morgan fingerprint density at radius 1 is 1.42 bits per heavy atom. The van der Waals surface area contributed by atoms with Gasteiger partial charge in [-0.2, -0.15) is 0 Å². The van der Waals surface area contributed by atoms with Gasteiger partial charge in [0.1, 0.15) is 17.3 Å². The van der Waals surface area contributed by atoms with Gasteiger partial charge in [-0.15, -0.1) is 0 Å². The Morgan fingerprint density at radius 3 is 2.84 bits per heavy atom. The molecule has 2 N–H and O–H groups in total. The van der Waals surface area contributed by atoms with Crippen molar-refractivity contribution in [3.63, 3.8) is 0 Å². The minimum absolute atomic E-state index is 0.0812. The summed E-state index contributed by atoms with van der Waals surface area (Å²) in [6.07, 6.45) is 2.08. The van der Waals surface area contributed by atoms with Crippen molar-refractivity contribution in [2.75, 3.05) is 5.73 Å². The first-order valence-electron chi connectivity index (χ1n) is 6.33. The normalized spacial score (nSPS) is 10.9. The van der Waals surface area contributed by atoms with Gasteiger partial charge in [-0.05, 0) is 25.5 Å². The number of nitrogens with zero attached hydrogens (tertiary/aromatic N) is 2. The summed E-state index contributed by atoms with van der Waals surface area (Å²) in [5.74, 6) is 0.809. The summed E-state index contributed by atoms with van der Waals surface area (Å²) in [4.78, 5) is 4.37. The van der Waals surface area contributed by atoms with Crippen LogP contribution in [0.2, 0.25) is 5.02 Å². The number of nitrogens with two attached hydrogens (primary N) is 1. The van der Waals surface area contributed by atoms with E-state index >= 15 is 0 Å². The van der Waals surface area contributed by atoms with Gasteiger partial charge in [0.25, 0.3) is 0 Å². The zero-order valence-electron chi connectivity index (χ0n) is 11.1. The molecule has 0 aliphatic heterocycles. The molecule has 2 rings (SSSR count). The number of halogens is 2. The summed E-state index contributed by atoms with van der Waals surface area (Å²) >= 11 is 5.80. The van der Waals surface area contributed by atoms with Gasteiger partial charge in [-0.25, -0.2) is 9.37 Å². The van der Waals surface area contributed by atoms with E-state index in [0.29, 0.717) is 17.1 Å². The van der Waals surface area contributed by atoms with Crippen molar-refractivity contribution in [3.8, 4) is 11.3 Å². The number of rotatable bonds is 4. The van der Waals surface area contributed by atoms with Crippen molar-refractivity contribution in [3.05, 3.63) is 34.9 Å². The van der Waals surface area contributed by atoms with E-state index in [1.54, 1.807) is 12.1 Å². The molecule has 1 aromatic carbocycles. The number of aryl methyl sites for hydroxylation is 1. The molecule has 0 amide bonds. The predicted molar refractivity (Wildman–Crippen MR) is 76.7 cm³/mol. The quantitative estimate of drug-likeness (QED) is 0.919. The lowest BCUT2D eigenvalue weighted by atomic mass is 10.1. The third-order valence-corrected chi connectivity index (χ3v) is 3.43.